The molecule has 0 bridgehead atoms. The first kappa shape index (κ1) is 20.2. The molecule has 8 heteroatoms. The predicted octanol–water partition coefficient (Wildman–Crippen LogP) is 4.67. The van der Waals surface area contributed by atoms with Gasteiger partial charge in [0.1, 0.15) is 11.4 Å². The quantitative estimate of drug-likeness (QED) is 0.689. The molecule has 3 rings (SSSR count). The molecule has 1 unspecified atom stereocenters. The van der Waals surface area contributed by atoms with E-state index < -0.39 is 19.8 Å². The van der Waals surface area contributed by atoms with Gasteiger partial charge in [-0.3, -0.25) is 9.20 Å². The minimum absolute atomic E-state index is 0.256. The van der Waals surface area contributed by atoms with Crippen molar-refractivity contribution in [3.63, 3.8) is 0 Å². The summed E-state index contributed by atoms with van der Waals surface area (Å²) in [5, 5.41) is 10.2. The van der Waals surface area contributed by atoms with Crippen LogP contribution in [0.15, 0.2) is 29.3 Å². The predicted molar refractivity (Wildman–Crippen MR) is 118 cm³/mol. The molecule has 0 saturated carbocycles. The van der Waals surface area contributed by atoms with Crippen LogP contribution in [-0.4, -0.2) is 26.4 Å². The molecule has 27 heavy (non-hydrogen) atoms. The van der Waals surface area contributed by atoms with Gasteiger partial charge in [0.25, 0.3) is 0 Å². The fraction of sp³-hybridized carbons (Fsp3) is 0.316. The van der Waals surface area contributed by atoms with Crippen molar-refractivity contribution in [3.8, 4) is 16.5 Å². The average molecular weight is 440 g/mol. The summed E-state index contributed by atoms with van der Waals surface area (Å²) < 4.78 is 12.4. The summed E-state index contributed by atoms with van der Waals surface area (Å²) >= 11 is 14.1. The van der Waals surface area contributed by atoms with Crippen LogP contribution >= 0.6 is 34.5 Å². The maximum Gasteiger partial charge on any atom is 0.113 e. The van der Waals surface area contributed by atoms with Crippen molar-refractivity contribution in [2.24, 2.45) is 10.7 Å². The molecule has 0 radical (unpaired) electrons. The maximum atomic E-state index is 13.2. The van der Waals surface area contributed by atoms with E-state index in [9.17, 15) is 9.47 Å². The third-order valence-corrected chi connectivity index (χ3v) is 10.1. The molecule has 1 aromatic heterocycles. The summed E-state index contributed by atoms with van der Waals surface area (Å²) in [5.41, 5.74) is 6.61. The molecule has 0 saturated heterocycles. The Morgan fingerprint density at radius 1 is 1.30 bits per heavy atom. The van der Waals surface area contributed by atoms with Crippen molar-refractivity contribution in [1.82, 2.24) is 0 Å². The molecule has 0 fully saturated rings. The highest BCUT2D eigenvalue weighted by atomic mass is 35.5. The van der Waals surface area contributed by atoms with Gasteiger partial charge in [-0.25, -0.2) is 0 Å². The van der Waals surface area contributed by atoms with E-state index in [4.69, 9.17) is 28.9 Å². The van der Waals surface area contributed by atoms with Gasteiger partial charge in [0.2, 0.25) is 0 Å². The lowest BCUT2D eigenvalue weighted by Crippen LogP contribution is -2.54. The first-order valence-electron chi connectivity index (χ1n) is 8.11. The van der Waals surface area contributed by atoms with E-state index in [1.54, 1.807) is 32.0 Å². The number of rotatable bonds is 2. The van der Waals surface area contributed by atoms with E-state index in [1.165, 1.54) is 11.3 Å². The second-order valence-electron chi connectivity index (χ2n) is 7.37. The molecular weight excluding hydrogens is 421 g/mol. The molecule has 142 valence electrons. The Kier molecular flexibility index (Phi) is 4.89. The lowest BCUT2D eigenvalue weighted by Gasteiger charge is -2.40. The lowest BCUT2D eigenvalue weighted by atomic mass is 10.0. The van der Waals surface area contributed by atoms with Crippen molar-refractivity contribution in [3.05, 3.63) is 44.8 Å². The largest absolute Gasteiger partial charge is 0.386 e. The second-order valence-corrected chi connectivity index (χ2v) is 12.2. The molecule has 4 nitrogen and oxygen atoms in total. The van der Waals surface area contributed by atoms with Crippen LogP contribution < -0.4 is 5.73 Å². The number of amidine groups is 1. The van der Waals surface area contributed by atoms with Gasteiger partial charge in [-0.1, -0.05) is 23.2 Å². The summed E-state index contributed by atoms with van der Waals surface area (Å²) in [6.45, 7) is 5.48. The Balaban J connectivity index is 2.15. The van der Waals surface area contributed by atoms with Crippen LogP contribution in [0.1, 0.15) is 31.2 Å². The van der Waals surface area contributed by atoms with Crippen molar-refractivity contribution in [2.45, 2.75) is 31.1 Å². The van der Waals surface area contributed by atoms with Crippen molar-refractivity contribution in [1.29, 1.82) is 5.26 Å². The summed E-state index contributed by atoms with van der Waals surface area (Å²) in [5.74, 6) is 4.53. The van der Waals surface area contributed by atoms with Crippen LogP contribution in [0.2, 0.25) is 10.0 Å². The monoisotopic (exact) mass is 439 g/mol. The fourth-order valence-corrected chi connectivity index (χ4v) is 6.90. The molecule has 0 aliphatic carbocycles. The summed E-state index contributed by atoms with van der Waals surface area (Å²) in [6.07, 6.45) is 0. The van der Waals surface area contributed by atoms with Crippen LogP contribution in [0.3, 0.4) is 0 Å². The van der Waals surface area contributed by atoms with Gasteiger partial charge in [-0.15, -0.1) is 11.3 Å². The van der Waals surface area contributed by atoms with Gasteiger partial charge in [0.05, 0.1) is 26.3 Å². The first-order chi connectivity index (χ1) is 12.4. The molecule has 2 aromatic rings. The maximum absolute atomic E-state index is 13.2. The Labute approximate surface area is 173 Å². The number of aliphatic imine (C=N–C) groups is 1. The zero-order valence-electron chi connectivity index (χ0n) is 15.2. The van der Waals surface area contributed by atoms with E-state index >= 15 is 0 Å². The lowest BCUT2D eigenvalue weighted by molar-refractivity contribution is 0.543. The summed E-state index contributed by atoms with van der Waals surface area (Å²) in [4.78, 5) is 6.30. The summed E-state index contributed by atoms with van der Waals surface area (Å²) in [6, 6.07) is 9.06. The SMILES string of the molecule is C=S1(=O)C[C@@](C)(c2sc(-c3cc(Cl)cc(C#N)c3)cc2Cl)N=C(N)C1(C)C. The van der Waals surface area contributed by atoms with E-state index in [0.29, 0.717) is 21.4 Å². The zero-order chi connectivity index (χ0) is 20.2. The zero-order valence-corrected chi connectivity index (χ0v) is 18.3. The number of hydrogen-bond acceptors (Lipinski definition) is 5. The molecule has 2 N–H and O–H groups in total. The van der Waals surface area contributed by atoms with Gasteiger partial charge in [0.15, 0.2) is 0 Å². The highest BCUT2D eigenvalue weighted by Gasteiger charge is 2.46. The minimum atomic E-state index is -2.53. The van der Waals surface area contributed by atoms with Gasteiger partial charge >= 0.3 is 0 Å². The third kappa shape index (κ3) is 3.38. The van der Waals surface area contributed by atoms with Crippen LogP contribution in [0, 0.1) is 11.3 Å². The third-order valence-electron chi connectivity index (χ3n) is 4.92. The molecule has 1 aliphatic rings. The average Bonchev–Trinajstić information content (AvgIpc) is 2.95. The normalized spacial score (nSPS) is 27.0. The standard InChI is InChI=1S/C19H19Cl2N3OS2/c1-18(2)17(23)24-19(3,10-27(18,4)25)16-14(21)8-15(26-16)12-5-11(9-22)6-13(20)7-12/h5-8H,4,10H2,1-3H3,(H2,23,24)/t19-,27?/m0/s1. The number of thiophene rings is 1. The van der Waals surface area contributed by atoms with E-state index in [0.717, 1.165) is 15.3 Å². The molecule has 2 heterocycles. The molecule has 2 atom stereocenters. The highest BCUT2D eigenvalue weighted by Crippen LogP contribution is 2.46. The van der Waals surface area contributed by atoms with Gasteiger partial charge in [-0.05, 0) is 66.0 Å². The molecule has 0 spiro atoms. The second kappa shape index (κ2) is 6.52. The van der Waals surface area contributed by atoms with E-state index in [1.807, 2.05) is 13.0 Å². The number of hydrogen-bond donors (Lipinski definition) is 1. The van der Waals surface area contributed by atoms with Crippen molar-refractivity contribution in [2.75, 3.05) is 5.75 Å². The Morgan fingerprint density at radius 3 is 2.56 bits per heavy atom. The fourth-order valence-electron chi connectivity index (χ4n) is 3.05. The molecule has 0 amide bonds. The van der Waals surface area contributed by atoms with Crippen LogP contribution in [0.4, 0.5) is 0 Å². The van der Waals surface area contributed by atoms with Crippen LogP contribution in [0.25, 0.3) is 10.4 Å². The minimum Gasteiger partial charge on any atom is -0.386 e. The van der Waals surface area contributed by atoms with Gasteiger partial charge in [-0.2, -0.15) is 5.26 Å². The van der Waals surface area contributed by atoms with Gasteiger partial charge in [0, 0.05) is 15.7 Å². The highest BCUT2D eigenvalue weighted by molar-refractivity contribution is 8.02. The van der Waals surface area contributed by atoms with E-state index in [-0.39, 0.29) is 5.75 Å². The first-order valence-corrected chi connectivity index (χ1v) is 11.6. The van der Waals surface area contributed by atoms with Crippen molar-refractivity contribution < 1.29 is 4.21 Å². The molecule has 1 aromatic carbocycles. The number of nitrogens with zero attached hydrogens (tertiary/aromatic N) is 2. The van der Waals surface area contributed by atoms with Crippen LogP contribution in [0.5, 0.6) is 0 Å². The number of nitrogens with two attached hydrogens (primary N) is 1. The Morgan fingerprint density at radius 2 is 1.96 bits per heavy atom. The number of benzene rings is 1. The van der Waals surface area contributed by atoms with Gasteiger partial charge < -0.3 is 5.73 Å². The summed E-state index contributed by atoms with van der Waals surface area (Å²) in [7, 11) is -2.53. The number of halogens is 2. The van der Waals surface area contributed by atoms with Crippen LogP contribution in [-0.2, 0) is 15.1 Å². The Hall–Kier alpha value is -1.52. The Bertz CT molecular complexity index is 1110. The smallest absolute Gasteiger partial charge is 0.113 e. The van der Waals surface area contributed by atoms with E-state index in [2.05, 4.69) is 16.9 Å². The number of nitriles is 1. The molecular formula is C19H19Cl2N3OS2. The topological polar surface area (TPSA) is 79.2 Å². The molecule has 1 aliphatic heterocycles. The van der Waals surface area contributed by atoms with Crippen molar-refractivity contribution >= 4 is 55.8 Å².